The fraction of sp³-hybridized carbons (Fsp3) is 0.105. The molecule has 0 aliphatic heterocycles. The topological polar surface area (TPSA) is 123 Å². The van der Waals surface area contributed by atoms with Crippen LogP contribution >= 0.6 is 0 Å². The Labute approximate surface area is 159 Å². The summed E-state index contributed by atoms with van der Waals surface area (Å²) < 4.78 is 11.2. The molecule has 9 heteroatoms. The van der Waals surface area contributed by atoms with Crippen molar-refractivity contribution < 1.29 is 13.9 Å². The van der Waals surface area contributed by atoms with Gasteiger partial charge in [0.25, 0.3) is 11.5 Å². The minimum Gasteiger partial charge on any atom is -0.497 e. The van der Waals surface area contributed by atoms with E-state index in [0.717, 1.165) is 4.68 Å². The molecule has 1 N–H and O–H groups in total. The van der Waals surface area contributed by atoms with E-state index in [1.807, 2.05) is 6.07 Å². The van der Waals surface area contributed by atoms with Crippen LogP contribution < -0.4 is 15.7 Å². The molecule has 0 aliphatic carbocycles. The molecule has 2 heterocycles. The predicted molar refractivity (Wildman–Crippen MR) is 99.6 cm³/mol. The average molecular weight is 377 g/mol. The summed E-state index contributed by atoms with van der Waals surface area (Å²) >= 11 is 0. The Morgan fingerprint density at radius 2 is 2.11 bits per heavy atom. The average Bonchev–Trinajstić information content (AvgIpc) is 3.22. The fourth-order valence-electron chi connectivity index (χ4n) is 2.42. The van der Waals surface area contributed by atoms with E-state index in [1.165, 1.54) is 26.5 Å². The Bertz CT molecular complexity index is 1120. The van der Waals surface area contributed by atoms with Crippen molar-refractivity contribution in [2.75, 3.05) is 7.11 Å². The molecule has 0 aliphatic rings. The van der Waals surface area contributed by atoms with Gasteiger partial charge in [-0.2, -0.15) is 20.1 Å². The Balaban J connectivity index is 1.99. The van der Waals surface area contributed by atoms with Gasteiger partial charge in [-0.05, 0) is 43.3 Å². The number of rotatable bonds is 5. The molecule has 1 amide bonds. The summed E-state index contributed by atoms with van der Waals surface area (Å²) in [7, 11) is 1.52. The van der Waals surface area contributed by atoms with Crippen molar-refractivity contribution in [3.63, 3.8) is 0 Å². The van der Waals surface area contributed by atoms with Crippen molar-refractivity contribution in [1.29, 1.82) is 5.26 Å². The van der Waals surface area contributed by atoms with Crippen molar-refractivity contribution in [3.8, 4) is 17.5 Å². The van der Waals surface area contributed by atoms with Crippen molar-refractivity contribution in [1.82, 2.24) is 15.2 Å². The molecule has 140 valence electrons. The number of nitrogens with one attached hydrogen (secondary N) is 1. The quantitative estimate of drug-likeness (QED) is 0.534. The molecule has 28 heavy (non-hydrogen) atoms. The van der Waals surface area contributed by atoms with Crippen molar-refractivity contribution in [3.05, 3.63) is 75.6 Å². The lowest BCUT2D eigenvalue weighted by molar-refractivity contribution is 0.0947. The van der Waals surface area contributed by atoms with Gasteiger partial charge in [0, 0.05) is 5.56 Å². The molecule has 0 saturated carbocycles. The molecule has 0 spiro atoms. The maximum Gasteiger partial charge on any atom is 0.292 e. The van der Waals surface area contributed by atoms with E-state index >= 15 is 0 Å². The third kappa shape index (κ3) is 3.66. The predicted octanol–water partition coefficient (Wildman–Crippen LogP) is 1.78. The summed E-state index contributed by atoms with van der Waals surface area (Å²) in [5.74, 6) is 0.375. The van der Waals surface area contributed by atoms with Gasteiger partial charge >= 0.3 is 0 Å². The first-order valence-corrected chi connectivity index (χ1v) is 8.10. The summed E-state index contributed by atoms with van der Waals surface area (Å²) in [6.07, 6.45) is 2.79. The number of hydrogen-bond acceptors (Lipinski definition) is 7. The minimum absolute atomic E-state index is 0.0939. The lowest BCUT2D eigenvalue weighted by Gasteiger charge is -2.11. The smallest absolute Gasteiger partial charge is 0.292 e. The number of amides is 1. The van der Waals surface area contributed by atoms with Crippen LogP contribution in [0.15, 0.2) is 57.0 Å². The molecule has 0 saturated heterocycles. The van der Waals surface area contributed by atoms with Gasteiger partial charge in [-0.25, -0.2) is 5.43 Å². The van der Waals surface area contributed by atoms with Crippen LogP contribution in [0.25, 0.3) is 5.69 Å². The van der Waals surface area contributed by atoms with Crippen LogP contribution in [-0.2, 0) is 0 Å². The number of carbonyl (C=O) groups is 1. The fourth-order valence-corrected chi connectivity index (χ4v) is 2.42. The molecule has 3 rings (SSSR count). The van der Waals surface area contributed by atoms with Gasteiger partial charge in [-0.1, -0.05) is 0 Å². The number of aromatic nitrogens is 2. The first-order valence-electron chi connectivity index (χ1n) is 8.10. The number of hydrazone groups is 1. The zero-order valence-corrected chi connectivity index (χ0v) is 15.0. The summed E-state index contributed by atoms with van der Waals surface area (Å²) in [6.45, 7) is 1.48. The second-order valence-electron chi connectivity index (χ2n) is 5.59. The van der Waals surface area contributed by atoms with Gasteiger partial charge in [-0.15, -0.1) is 0 Å². The van der Waals surface area contributed by atoms with Crippen LogP contribution in [0.2, 0.25) is 0 Å². The highest BCUT2D eigenvalue weighted by Crippen LogP contribution is 2.15. The molecule has 0 fully saturated rings. The molecule has 0 bridgehead atoms. The Hall–Kier alpha value is -4.19. The zero-order chi connectivity index (χ0) is 20.1. The van der Waals surface area contributed by atoms with E-state index < -0.39 is 11.5 Å². The van der Waals surface area contributed by atoms with E-state index in [1.54, 1.807) is 36.4 Å². The number of hydrogen-bond donors (Lipinski definition) is 1. The van der Waals surface area contributed by atoms with Crippen LogP contribution in [0.4, 0.5) is 0 Å². The molecule has 0 unspecified atom stereocenters. The van der Waals surface area contributed by atoms with Crippen LogP contribution in [0.3, 0.4) is 0 Å². The number of carbonyl (C=O) groups excluding carboxylic acids is 1. The zero-order valence-electron chi connectivity index (χ0n) is 15.0. The largest absolute Gasteiger partial charge is 0.497 e. The summed E-state index contributed by atoms with van der Waals surface area (Å²) in [5, 5.41) is 17.3. The van der Waals surface area contributed by atoms with Gasteiger partial charge in [-0.3, -0.25) is 9.59 Å². The highest BCUT2D eigenvalue weighted by Gasteiger charge is 2.20. The second kappa shape index (κ2) is 8.01. The van der Waals surface area contributed by atoms with Crippen molar-refractivity contribution >= 4 is 12.1 Å². The van der Waals surface area contributed by atoms with E-state index in [-0.39, 0.29) is 16.8 Å². The maximum absolute atomic E-state index is 12.6. The van der Waals surface area contributed by atoms with Crippen LogP contribution in [-0.4, -0.2) is 29.0 Å². The van der Waals surface area contributed by atoms with Gasteiger partial charge < -0.3 is 9.15 Å². The van der Waals surface area contributed by atoms with E-state index in [2.05, 4.69) is 15.6 Å². The monoisotopic (exact) mass is 377 g/mol. The third-order valence-corrected chi connectivity index (χ3v) is 3.88. The molecular formula is C19H15N5O4. The molecule has 9 nitrogen and oxygen atoms in total. The van der Waals surface area contributed by atoms with Crippen molar-refractivity contribution in [2.45, 2.75) is 6.92 Å². The SMILES string of the molecule is COc1ccc(-n2nc(C(=O)N/N=C/c3ccco3)c(C)c(C#N)c2=O)cc1. The van der Waals surface area contributed by atoms with Crippen LogP contribution in [0, 0.1) is 18.3 Å². The van der Waals surface area contributed by atoms with Gasteiger partial charge in [0.1, 0.15) is 23.1 Å². The number of benzene rings is 1. The molecular weight excluding hydrogens is 362 g/mol. The number of ether oxygens (including phenoxy) is 1. The normalized spacial score (nSPS) is 10.6. The number of furan rings is 1. The van der Waals surface area contributed by atoms with Gasteiger partial charge in [0.05, 0.1) is 25.3 Å². The van der Waals surface area contributed by atoms with Crippen LogP contribution in [0.5, 0.6) is 5.75 Å². The standard InChI is InChI=1S/C19H15N5O4/c1-12-16(10-20)19(26)24(13-5-7-14(27-2)8-6-13)23-17(12)18(25)22-21-11-15-4-3-9-28-15/h3-9,11H,1-2H3,(H,22,25)/b21-11+. The first-order chi connectivity index (χ1) is 13.5. The Kier molecular flexibility index (Phi) is 5.32. The summed E-state index contributed by atoms with van der Waals surface area (Å²) in [6, 6.07) is 11.7. The lowest BCUT2D eigenvalue weighted by atomic mass is 10.1. The molecule has 3 aromatic rings. The summed E-state index contributed by atoms with van der Waals surface area (Å²) in [5.41, 5.74) is 1.97. The first kappa shape index (κ1) is 18.6. The lowest BCUT2D eigenvalue weighted by Crippen LogP contribution is -2.31. The minimum atomic E-state index is -0.668. The number of methoxy groups -OCH3 is 1. The maximum atomic E-state index is 12.6. The van der Waals surface area contributed by atoms with E-state index in [4.69, 9.17) is 9.15 Å². The molecule has 0 atom stereocenters. The number of nitriles is 1. The highest BCUT2D eigenvalue weighted by atomic mass is 16.5. The summed E-state index contributed by atoms with van der Waals surface area (Å²) in [4.78, 5) is 25.1. The Morgan fingerprint density at radius 3 is 2.71 bits per heavy atom. The van der Waals surface area contributed by atoms with Gasteiger partial charge in [0.15, 0.2) is 5.69 Å². The molecule has 1 aromatic carbocycles. The second-order valence-corrected chi connectivity index (χ2v) is 5.59. The molecule has 2 aromatic heterocycles. The van der Waals surface area contributed by atoms with E-state index in [9.17, 15) is 14.9 Å². The Morgan fingerprint density at radius 1 is 1.36 bits per heavy atom. The number of nitrogens with zero attached hydrogens (tertiary/aromatic N) is 4. The molecule has 0 radical (unpaired) electrons. The van der Waals surface area contributed by atoms with Crippen LogP contribution in [0.1, 0.15) is 27.4 Å². The van der Waals surface area contributed by atoms with Crippen molar-refractivity contribution in [2.24, 2.45) is 5.10 Å². The van der Waals surface area contributed by atoms with Gasteiger partial charge in [0.2, 0.25) is 0 Å². The van der Waals surface area contributed by atoms with E-state index in [0.29, 0.717) is 17.2 Å². The third-order valence-electron chi connectivity index (χ3n) is 3.88. The highest BCUT2D eigenvalue weighted by molar-refractivity contribution is 5.94.